The molecule has 14 nitrogen and oxygen atoms in total. The summed E-state index contributed by atoms with van der Waals surface area (Å²) in [5.74, 6) is -0.820. The van der Waals surface area contributed by atoms with Crippen LogP contribution in [-0.4, -0.2) is 74.1 Å². The van der Waals surface area contributed by atoms with Crippen LogP contribution in [0.5, 0.6) is 5.75 Å². The Balaban J connectivity index is 0.952. The number of piperazine rings is 1. The molecule has 2 atom stereocenters. The van der Waals surface area contributed by atoms with E-state index < -0.39 is 40.6 Å². The predicted molar refractivity (Wildman–Crippen MR) is 192 cm³/mol. The Morgan fingerprint density at radius 2 is 1.47 bits per heavy atom. The number of rotatable bonds is 12. The molecule has 0 radical (unpaired) electrons. The van der Waals surface area contributed by atoms with Crippen molar-refractivity contribution < 1.29 is 23.0 Å². The maximum atomic E-state index is 14.9. The first-order valence-corrected chi connectivity index (χ1v) is 17.6. The van der Waals surface area contributed by atoms with Gasteiger partial charge in [-0.2, -0.15) is 5.10 Å². The SMILES string of the molecule is CCCn1c(=O)n(CC)c(=O)n(-c2ccc(N3CCN(c4ccc(OC[C@H]5OC[C@](Cn6cncn6)(c6ccc(F)cc6F)O5)cc4)CC3)cc2)c1=O. The van der Waals surface area contributed by atoms with Gasteiger partial charge in [-0.15, -0.1) is 0 Å². The molecule has 2 aromatic heterocycles. The highest BCUT2D eigenvalue weighted by molar-refractivity contribution is 5.54. The van der Waals surface area contributed by atoms with Crippen LogP contribution in [0.2, 0.25) is 0 Å². The highest BCUT2D eigenvalue weighted by Gasteiger charge is 2.45. The molecule has 0 saturated carbocycles. The molecule has 0 amide bonds. The highest BCUT2D eigenvalue weighted by Crippen LogP contribution is 2.37. The molecule has 0 spiro atoms. The van der Waals surface area contributed by atoms with Crippen LogP contribution >= 0.6 is 0 Å². The lowest BCUT2D eigenvalue weighted by Gasteiger charge is -2.37. The second kappa shape index (κ2) is 15.2. The maximum Gasteiger partial charge on any atom is 0.340 e. The summed E-state index contributed by atoms with van der Waals surface area (Å²) < 4.78 is 51.5. The fraction of sp³-hybridized carbons (Fsp3) is 0.378. The Morgan fingerprint density at radius 1 is 0.830 bits per heavy atom. The number of aromatic nitrogens is 6. The third kappa shape index (κ3) is 7.24. The van der Waals surface area contributed by atoms with Gasteiger partial charge in [-0.05, 0) is 67.9 Å². The second-order valence-electron chi connectivity index (χ2n) is 12.9. The lowest BCUT2D eigenvalue weighted by molar-refractivity contribution is -0.117. The van der Waals surface area contributed by atoms with E-state index in [0.717, 1.165) is 57.3 Å². The maximum absolute atomic E-state index is 14.9. The fourth-order valence-corrected chi connectivity index (χ4v) is 6.87. The Morgan fingerprint density at radius 3 is 2.08 bits per heavy atom. The normalized spacial score (nSPS) is 18.8. The zero-order valence-corrected chi connectivity index (χ0v) is 29.4. The van der Waals surface area contributed by atoms with E-state index in [1.165, 1.54) is 29.5 Å². The summed E-state index contributed by atoms with van der Waals surface area (Å²) >= 11 is 0. The van der Waals surface area contributed by atoms with E-state index >= 15 is 0 Å². The van der Waals surface area contributed by atoms with Gasteiger partial charge in [-0.1, -0.05) is 13.0 Å². The molecule has 53 heavy (non-hydrogen) atoms. The molecule has 7 rings (SSSR count). The number of hydrogen-bond donors (Lipinski definition) is 0. The predicted octanol–water partition coefficient (Wildman–Crippen LogP) is 3.13. The molecule has 0 bridgehead atoms. The molecule has 5 aromatic rings. The van der Waals surface area contributed by atoms with Gasteiger partial charge in [0.2, 0.25) is 0 Å². The van der Waals surface area contributed by atoms with Crippen LogP contribution < -0.4 is 31.6 Å². The van der Waals surface area contributed by atoms with Gasteiger partial charge in [0.25, 0.3) is 0 Å². The van der Waals surface area contributed by atoms with Crippen LogP contribution in [0, 0.1) is 11.6 Å². The van der Waals surface area contributed by atoms with Crippen molar-refractivity contribution in [3.05, 3.63) is 128 Å². The Bertz CT molecular complexity index is 2210. The smallest absolute Gasteiger partial charge is 0.340 e. The second-order valence-corrected chi connectivity index (χ2v) is 12.9. The quantitative estimate of drug-likeness (QED) is 0.189. The van der Waals surface area contributed by atoms with Gasteiger partial charge in [0.1, 0.15) is 42.2 Å². The first-order valence-electron chi connectivity index (χ1n) is 17.6. The van der Waals surface area contributed by atoms with Gasteiger partial charge in [0, 0.05) is 62.3 Å². The van der Waals surface area contributed by atoms with Crippen LogP contribution in [0.1, 0.15) is 25.8 Å². The molecule has 0 aliphatic carbocycles. The third-order valence-corrected chi connectivity index (χ3v) is 9.58. The Hall–Kier alpha value is -5.61. The zero-order chi connectivity index (χ0) is 37.1. The molecule has 2 saturated heterocycles. The molecule has 4 heterocycles. The summed E-state index contributed by atoms with van der Waals surface area (Å²) in [6.07, 6.45) is 2.64. The lowest BCUT2D eigenvalue weighted by atomic mass is 9.94. The van der Waals surface area contributed by atoms with Crippen LogP contribution in [0.4, 0.5) is 20.2 Å². The molecule has 2 fully saturated rings. The number of anilines is 2. The van der Waals surface area contributed by atoms with Gasteiger partial charge in [0.05, 0.1) is 18.8 Å². The van der Waals surface area contributed by atoms with E-state index in [0.29, 0.717) is 17.9 Å². The monoisotopic (exact) mass is 730 g/mol. The van der Waals surface area contributed by atoms with Crippen molar-refractivity contribution in [3.8, 4) is 11.4 Å². The van der Waals surface area contributed by atoms with Crippen LogP contribution in [0.3, 0.4) is 0 Å². The average Bonchev–Trinajstić information content (AvgIpc) is 3.84. The number of ether oxygens (including phenoxy) is 3. The Labute approximate surface area is 303 Å². The standard InChI is InChI=1S/C37H40F2N8O6/c1-3-15-46-34(48)45(4-2)35(49)47(36(46)50)29-8-6-27(7-9-29)42-16-18-43(19-17-42)28-10-12-30(13-11-28)51-21-33-52-23-37(53-33,22-44-25-40-24-41-44)31-14-5-26(38)20-32(31)39/h5-14,20,24-25,33H,3-4,15-19,21-23H2,1-2H3/t33-,37+/m0/s1. The number of hydrogen-bond acceptors (Lipinski definition) is 10. The molecule has 278 valence electrons. The molecule has 2 aliphatic rings. The topological polar surface area (TPSA) is 131 Å². The summed E-state index contributed by atoms with van der Waals surface area (Å²) in [7, 11) is 0. The fourth-order valence-electron chi connectivity index (χ4n) is 6.87. The van der Waals surface area contributed by atoms with E-state index in [-0.39, 0.29) is 38.4 Å². The first kappa shape index (κ1) is 35.8. The summed E-state index contributed by atoms with van der Waals surface area (Å²) in [5, 5.41) is 4.12. The van der Waals surface area contributed by atoms with Crippen molar-refractivity contribution in [1.82, 2.24) is 28.5 Å². The van der Waals surface area contributed by atoms with Crippen molar-refractivity contribution in [1.29, 1.82) is 0 Å². The lowest BCUT2D eigenvalue weighted by Crippen LogP contribution is -2.53. The first-order chi connectivity index (χ1) is 25.7. The van der Waals surface area contributed by atoms with Crippen molar-refractivity contribution in [2.24, 2.45) is 0 Å². The summed E-state index contributed by atoms with van der Waals surface area (Å²) in [6, 6.07) is 18.3. The third-order valence-electron chi connectivity index (χ3n) is 9.58. The minimum absolute atomic E-state index is 0.00788. The van der Waals surface area contributed by atoms with E-state index in [2.05, 4.69) is 19.9 Å². The van der Waals surface area contributed by atoms with Crippen molar-refractivity contribution >= 4 is 11.4 Å². The van der Waals surface area contributed by atoms with Gasteiger partial charge in [-0.25, -0.2) is 46.5 Å². The zero-order valence-electron chi connectivity index (χ0n) is 29.4. The van der Waals surface area contributed by atoms with Gasteiger partial charge in [0.15, 0.2) is 6.29 Å². The van der Waals surface area contributed by atoms with Gasteiger partial charge >= 0.3 is 17.1 Å². The van der Waals surface area contributed by atoms with Crippen molar-refractivity contribution in [3.63, 3.8) is 0 Å². The highest BCUT2D eigenvalue weighted by atomic mass is 19.1. The van der Waals surface area contributed by atoms with Gasteiger partial charge in [-0.3, -0.25) is 0 Å². The molecular weight excluding hydrogens is 690 g/mol. The molecule has 16 heteroatoms. The number of nitrogens with zero attached hydrogens (tertiary/aromatic N) is 8. The molecule has 2 aliphatic heterocycles. The molecule has 3 aromatic carbocycles. The van der Waals surface area contributed by atoms with E-state index in [1.54, 1.807) is 19.1 Å². The Kier molecular flexibility index (Phi) is 10.2. The minimum Gasteiger partial charge on any atom is -0.488 e. The number of halogens is 2. The summed E-state index contributed by atoms with van der Waals surface area (Å²) in [4.78, 5) is 47.4. The van der Waals surface area contributed by atoms with Crippen LogP contribution in [-0.2, 0) is 34.7 Å². The molecule has 0 unspecified atom stereocenters. The van der Waals surface area contributed by atoms with E-state index in [4.69, 9.17) is 14.2 Å². The van der Waals surface area contributed by atoms with Crippen molar-refractivity contribution in [2.45, 2.75) is 51.8 Å². The average molecular weight is 731 g/mol. The minimum atomic E-state index is -1.26. The molecule has 0 N–H and O–H groups in total. The number of benzene rings is 3. The van der Waals surface area contributed by atoms with Crippen molar-refractivity contribution in [2.75, 3.05) is 49.2 Å². The molecular formula is C37H40F2N8O6. The van der Waals surface area contributed by atoms with Gasteiger partial charge < -0.3 is 24.0 Å². The van der Waals surface area contributed by atoms with Crippen LogP contribution in [0.25, 0.3) is 5.69 Å². The summed E-state index contributed by atoms with van der Waals surface area (Å²) in [6.45, 7) is 7.18. The summed E-state index contributed by atoms with van der Waals surface area (Å²) in [5.41, 5.74) is -0.554. The van der Waals surface area contributed by atoms with Crippen LogP contribution in [0.15, 0.2) is 93.8 Å². The van der Waals surface area contributed by atoms with E-state index in [1.807, 2.05) is 43.3 Å². The van der Waals surface area contributed by atoms with E-state index in [9.17, 15) is 23.2 Å². The largest absolute Gasteiger partial charge is 0.488 e.